The van der Waals surface area contributed by atoms with E-state index in [0.29, 0.717) is 13.0 Å². The molecule has 0 aliphatic carbocycles. The Balaban J connectivity index is 1.43. The zero-order chi connectivity index (χ0) is 23.6. The third-order valence-electron chi connectivity index (χ3n) is 5.15. The summed E-state index contributed by atoms with van der Waals surface area (Å²) < 4.78 is 82.0. The third-order valence-corrected chi connectivity index (χ3v) is 7.14. The van der Waals surface area contributed by atoms with Gasteiger partial charge in [-0.15, -0.1) is 11.3 Å². The normalized spacial score (nSPS) is 15.8. The highest BCUT2D eigenvalue weighted by molar-refractivity contribution is 7.92. The van der Waals surface area contributed by atoms with Gasteiger partial charge in [0.1, 0.15) is 11.6 Å². The largest absolute Gasteiger partial charge is 0.381 e. The maximum atomic E-state index is 14.6. The number of hydrogen-bond donors (Lipinski definition) is 2. The summed E-state index contributed by atoms with van der Waals surface area (Å²) in [6.45, 7) is 0.194. The van der Waals surface area contributed by atoms with Gasteiger partial charge in [0.25, 0.3) is 15.9 Å². The molecule has 1 fully saturated rings. The molecule has 1 aliphatic heterocycles. The lowest BCUT2D eigenvalue weighted by Gasteiger charge is -2.38. The second-order valence-corrected chi connectivity index (χ2v) is 10.0. The molecule has 0 amide bonds. The van der Waals surface area contributed by atoms with Crippen LogP contribution in [0.25, 0.3) is 0 Å². The summed E-state index contributed by atoms with van der Waals surface area (Å²) in [6.07, 6.45) is 0.552. The van der Waals surface area contributed by atoms with Crippen molar-refractivity contribution in [3.05, 3.63) is 70.1 Å². The van der Waals surface area contributed by atoms with Crippen molar-refractivity contribution in [1.82, 2.24) is 9.88 Å². The van der Waals surface area contributed by atoms with Crippen LogP contribution in [0.2, 0.25) is 0 Å². The monoisotopic (exact) mass is 500 g/mol. The fourth-order valence-corrected chi connectivity index (χ4v) is 5.26. The second-order valence-electron chi connectivity index (χ2n) is 7.69. The van der Waals surface area contributed by atoms with E-state index in [4.69, 9.17) is 0 Å². The van der Waals surface area contributed by atoms with Gasteiger partial charge in [-0.2, -0.15) is 0 Å². The van der Waals surface area contributed by atoms with Crippen molar-refractivity contribution < 1.29 is 26.0 Å². The van der Waals surface area contributed by atoms with E-state index in [1.165, 1.54) is 10.9 Å². The molecule has 0 spiro atoms. The third kappa shape index (κ3) is 5.63. The topological polar surface area (TPSA) is 74.3 Å². The van der Waals surface area contributed by atoms with Crippen molar-refractivity contribution in [1.29, 1.82) is 0 Å². The summed E-state index contributed by atoms with van der Waals surface area (Å²) in [7, 11) is -4.50. The number of anilines is 2. The van der Waals surface area contributed by atoms with Gasteiger partial charge in [-0.05, 0) is 29.7 Å². The number of benzene rings is 2. The minimum Gasteiger partial charge on any atom is -0.381 e. The van der Waals surface area contributed by atoms with Gasteiger partial charge in [-0.1, -0.05) is 24.3 Å². The Kier molecular flexibility index (Phi) is 6.59. The Labute approximate surface area is 192 Å². The van der Waals surface area contributed by atoms with E-state index in [1.54, 1.807) is 11.0 Å². The fourth-order valence-electron chi connectivity index (χ4n) is 3.59. The van der Waals surface area contributed by atoms with E-state index in [0.717, 1.165) is 34.6 Å². The molecule has 176 valence electrons. The molecule has 3 aromatic rings. The summed E-state index contributed by atoms with van der Waals surface area (Å²) in [6, 6.07) is 9.15. The van der Waals surface area contributed by atoms with Crippen LogP contribution in [0.4, 0.5) is 29.1 Å². The molecule has 1 aliphatic rings. The van der Waals surface area contributed by atoms with Gasteiger partial charge in [-0.25, -0.2) is 31.0 Å². The zero-order valence-corrected chi connectivity index (χ0v) is 18.8. The van der Waals surface area contributed by atoms with Crippen molar-refractivity contribution >= 4 is 32.9 Å². The highest BCUT2D eigenvalue weighted by atomic mass is 32.2. The molecule has 1 saturated heterocycles. The van der Waals surface area contributed by atoms with E-state index >= 15 is 0 Å². The molecular weight excluding hydrogens is 480 g/mol. The maximum absolute atomic E-state index is 14.6. The van der Waals surface area contributed by atoms with Gasteiger partial charge >= 0.3 is 0 Å². The lowest BCUT2D eigenvalue weighted by molar-refractivity contribution is -0.129. The number of alkyl halides is 2. The van der Waals surface area contributed by atoms with Crippen molar-refractivity contribution in [2.24, 2.45) is 0 Å². The SMILES string of the molecule is O=S(=O)(Nc1cscn1)c1c(F)cc(NCc2ccccc2CCN2CC(F)(F)C2)cc1F. The number of halogens is 4. The summed E-state index contributed by atoms with van der Waals surface area (Å²) in [4.78, 5) is 4.32. The number of aromatic nitrogens is 1. The maximum Gasteiger partial charge on any atom is 0.272 e. The van der Waals surface area contributed by atoms with Crippen LogP contribution < -0.4 is 10.0 Å². The molecule has 33 heavy (non-hydrogen) atoms. The van der Waals surface area contributed by atoms with Crippen molar-refractivity contribution in [3.8, 4) is 0 Å². The lowest BCUT2D eigenvalue weighted by Crippen LogP contribution is -2.56. The average molecular weight is 501 g/mol. The van der Waals surface area contributed by atoms with E-state index < -0.39 is 32.5 Å². The molecule has 4 rings (SSSR count). The molecule has 0 unspecified atom stereocenters. The number of nitrogens with one attached hydrogen (secondary N) is 2. The Hall–Kier alpha value is -2.70. The summed E-state index contributed by atoms with van der Waals surface area (Å²) in [5.74, 6) is -5.14. The van der Waals surface area contributed by atoms with Crippen LogP contribution in [0.1, 0.15) is 11.1 Å². The van der Waals surface area contributed by atoms with Crippen LogP contribution in [0, 0.1) is 11.6 Å². The number of nitrogens with zero attached hydrogens (tertiary/aromatic N) is 2. The second kappa shape index (κ2) is 9.27. The van der Waals surface area contributed by atoms with E-state index in [1.807, 2.05) is 22.9 Å². The molecule has 0 saturated carbocycles. The van der Waals surface area contributed by atoms with Gasteiger partial charge in [-0.3, -0.25) is 9.62 Å². The molecule has 2 heterocycles. The molecule has 1 aromatic heterocycles. The smallest absolute Gasteiger partial charge is 0.272 e. The first-order valence-corrected chi connectivity index (χ1v) is 12.4. The Morgan fingerprint density at radius 3 is 2.36 bits per heavy atom. The van der Waals surface area contributed by atoms with Gasteiger partial charge in [0.05, 0.1) is 18.6 Å². The van der Waals surface area contributed by atoms with E-state index in [9.17, 15) is 26.0 Å². The Morgan fingerprint density at radius 1 is 1.09 bits per heavy atom. The average Bonchev–Trinajstić information content (AvgIpc) is 3.21. The van der Waals surface area contributed by atoms with Gasteiger partial charge in [0.2, 0.25) is 0 Å². The molecule has 2 aromatic carbocycles. The van der Waals surface area contributed by atoms with Crippen LogP contribution in [0.3, 0.4) is 0 Å². The first-order chi connectivity index (χ1) is 15.6. The zero-order valence-electron chi connectivity index (χ0n) is 17.2. The van der Waals surface area contributed by atoms with E-state index in [2.05, 4.69) is 10.3 Å². The van der Waals surface area contributed by atoms with Crippen molar-refractivity contribution in [2.45, 2.75) is 23.8 Å². The number of hydrogen-bond acceptors (Lipinski definition) is 6. The standard InChI is InChI=1S/C21H20F4N4O2S2/c22-17-7-16(8-18(23)20(17)33(30,31)28-19-10-32-13-27-19)26-9-15-4-2-1-3-14(15)5-6-29-11-21(24,25)12-29/h1-4,7-8,10,13,26,28H,5-6,9,11-12H2. The van der Waals surface area contributed by atoms with E-state index in [-0.39, 0.29) is 31.1 Å². The molecule has 6 nitrogen and oxygen atoms in total. The van der Waals surface area contributed by atoms with Gasteiger partial charge in [0, 0.05) is 24.2 Å². The predicted octanol–water partition coefficient (Wildman–Crippen LogP) is 4.33. The highest BCUT2D eigenvalue weighted by Gasteiger charge is 2.43. The molecule has 12 heteroatoms. The van der Waals surface area contributed by atoms with Crippen LogP contribution in [0.5, 0.6) is 0 Å². The highest BCUT2D eigenvalue weighted by Crippen LogP contribution is 2.28. The van der Waals surface area contributed by atoms with Crippen LogP contribution in [-0.4, -0.2) is 43.9 Å². The lowest BCUT2D eigenvalue weighted by atomic mass is 10.0. The van der Waals surface area contributed by atoms with Gasteiger partial charge in [0.15, 0.2) is 10.7 Å². The molecule has 2 N–H and O–H groups in total. The first-order valence-electron chi connectivity index (χ1n) is 9.94. The minimum absolute atomic E-state index is 0.0282. The summed E-state index contributed by atoms with van der Waals surface area (Å²) in [5.41, 5.74) is 3.21. The quantitative estimate of drug-likeness (QED) is 0.428. The first kappa shape index (κ1) is 23.5. The number of sulfonamides is 1. The summed E-state index contributed by atoms with van der Waals surface area (Å²) >= 11 is 1.13. The summed E-state index contributed by atoms with van der Waals surface area (Å²) in [5, 5.41) is 4.29. The fraction of sp³-hybridized carbons (Fsp3) is 0.286. The predicted molar refractivity (Wildman–Crippen MR) is 118 cm³/mol. The minimum atomic E-state index is -4.50. The van der Waals surface area contributed by atoms with Crippen molar-refractivity contribution in [2.75, 3.05) is 29.7 Å². The Morgan fingerprint density at radius 2 is 1.76 bits per heavy atom. The van der Waals surface area contributed by atoms with Crippen LogP contribution >= 0.6 is 11.3 Å². The molecule has 0 radical (unpaired) electrons. The van der Waals surface area contributed by atoms with Crippen LogP contribution in [0.15, 0.2) is 52.2 Å². The molecule has 0 bridgehead atoms. The molecule has 0 atom stereocenters. The van der Waals surface area contributed by atoms with Crippen LogP contribution in [-0.2, 0) is 23.0 Å². The van der Waals surface area contributed by atoms with Crippen molar-refractivity contribution in [3.63, 3.8) is 0 Å². The number of likely N-dealkylation sites (tertiary alicyclic amines) is 1. The number of thiazole rings is 1. The molecular formula is C21H20F4N4O2S2. The van der Waals surface area contributed by atoms with Gasteiger partial charge < -0.3 is 5.32 Å². The number of rotatable bonds is 9. The Bertz CT molecular complexity index is 1210.